The molecule has 0 fully saturated rings. The summed E-state index contributed by atoms with van der Waals surface area (Å²) in [7, 11) is 0. The van der Waals surface area contributed by atoms with E-state index in [0.29, 0.717) is 22.6 Å². The minimum absolute atomic E-state index is 0.225. The van der Waals surface area contributed by atoms with E-state index in [1.807, 2.05) is 6.07 Å². The van der Waals surface area contributed by atoms with Gasteiger partial charge < -0.3 is 9.72 Å². The first-order valence-electron chi connectivity index (χ1n) is 4.32. The molecular weight excluding hydrogens is 210 g/mol. The Kier molecular flexibility index (Phi) is 3.43. The zero-order valence-electron chi connectivity index (χ0n) is 8.42. The molecule has 0 unspecified atom stereocenters. The smallest absolute Gasteiger partial charge is 0.247 e. The van der Waals surface area contributed by atoms with Crippen LogP contribution < -0.4 is 4.74 Å². The Labute approximate surface area is 92.9 Å². The Balaban J connectivity index is 3.62. The summed E-state index contributed by atoms with van der Waals surface area (Å²) in [5.41, 5.74) is 1.17. The summed E-state index contributed by atoms with van der Waals surface area (Å²) in [4.78, 5) is 6.14. The molecule has 0 saturated heterocycles. The van der Waals surface area contributed by atoms with Crippen molar-refractivity contribution in [1.29, 1.82) is 5.26 Å². The highest BCUT2D eigenvalue weighted by atomic mass is 32.1. The lowest BCUT2D eigenvalue weighted by Crippen LogP contribution is -1.98. The number of nitriles is 1. The summed E-state index contributed by atoms with van der Waals surface area (Å²) in [6.45, 7) is 11.0. The highest BCUT2D eigenvalue weighted by molar-refractivity contribution is 7.71. The molecule has 4 nitrogen and oxygen atoms in total. The Morgan fingerprint density at radius 2 is 2.33 bits per heavy atom. The Bertz CT molecular complexity index is 519. The van der Waals surface area contributed by atoms with E-state index in [1.165, 1.54) is 0 Å². The predicted octanol–water partition coefficient (Wildman–Crippen LogP) is 2.87. The number of H-pyrrole nitrogens is 1. The highest BCUT2D eigenvalue weighted by Crippen LogP contribution is 2.33. The van der Waals surface area contributed by atoms with Crippen molar-refractivity contribution in [2.24, 2.45) is 0 Å². The highest BCUT2D eigenvalue weighted by Gasteiger charge is 2.14. The molecule has 0 atom stereocenters. The molecule has 1 heterocycles. The van der Waals surface area contributed by atoms with Crippen molar-refractivity contribution in [3.63, 3.8) is 0 Å². The normalized spacial score (nSPS) is 9.07. The number of nitrogens with zero attached hydrogens (tertiary/aromatic N) is 2. The van der Waals surface area contributed by atoms with Crippen molar-refractivity contribution in [1.82, 2.24) is 4.98 Å². The summed E-state index contributed by atoms with van der Waals surface area (Å²) in [6, 6.07) is 1.95. The van der Waals surface area contributed by atoms with Gasteiger partial charge in [-0.05, 0) is 13.8 Å². The first kappa shape index (κ1) is 11.2. The third kappa shape index (κ3) is 1.98. The molecule has 1 rings (SSSR count). The third-order valence-corrected chi connectivity index (χ3v) is 2.14. The van der Waals surface area contributed by atoms with Gasteiger partial charge in [-0.2, -0.15) is 5.26 Å². The summed E-state index contributed by atoms with van der Waals surface area (Å²) in [5, 5.41) is 8.92. The zero-order chi connectivity index (χ0) is 11.4. The fraction of sp³-hybridized carbons (Fsp3) is 0.300. The van der Waals surface area contributed by atoms with Crippen LogP contribution in [0.3, 0.4) is 0 Å². The number of aromatic amines is 1. The topological polar surface area (TPSA) is 53.2 Å². The number of ether oxygens (including phenoxy) is 1. The molecule has 76 valence electrons. The number of hydrogen-bond donors (Lipinski definition) is 1. The Hall–Kier alpha value is -1.85. The van der Waals surface area contributed by atoms with Crippen molar-refractivity contribution in [3.8, 4) is 11.8 Å². The first-order chi connectivity index (χ1) is 7.15. The molecule has 1 N–H and O–H groups in total. The van der Waals surface area contributed by atoms with E-state index in [1.54, 1.807) is 13.8 Å². The SMILES string of the molecule is [C-]#[N+]c1c(C)[nH]c(=S)c(C#N)c1OCC. The molecule has 0 aliphatic carbocycles. The van der Waals surface area contributed by atoms with Crippen molar-refractivity contribution in [2.75, 3.05) is 6.61 Å². The standard InChI is InChI=1S/C10H9N3OS/c1-4-14-9-7(5-11)10(15)13-6(2)8(9)12-3/h4H2,1-2H3,(H,13,15). The number of nitrogens with one attached hydrogen (secondary N) is 1. The van der Waals surface area contributed by atoms with Gasteiger partial charge in [0, 0.05) is 5.69 Å². The fourth-order valence-corrected chi connectivity index (χ4v) is 1.50. The van der Waals surface area contributed by atoms with Gasteiger partial charge >= 0.3 is 0 Å². The molecule has 0 amide bonds. The van der Waals surface area contributed by atoms with Gasteiger partial charge in [-0.15, -0.1) is 0 Å². The Morgan fingerprint density at radius 1 is 1.67 bits per heavy atom. The van der Waals surface area contributed by atoms with Crippen LogP contribution in [-0.2, 0) is 0 Å². The third-order valence-electron chi connectivity index (χ3n) is 1.84. The van der Waals surface area contributed by atoms with E-state index in [2.05, 4.69) is 9.83 Å². The van der Waals surface area contributed by atoms with E-state index >= 15 is 0 Å². The van der Waals surface area contributed by atoms with Crippen LogP contribution in [0.5, 0.6) is 5.75 Å². The van der Waals surface area contributed by atoms with Gasteiger partial charge in [-0.1, -0.05) is 12.2 Å². The molecule has 0 aliphatic heterocycles. The lowest BCUT2D eigenvalue weighted by atomic mass is 10.2. The van der Waals surface area contributed by atoms with Crippen LogP contribution in [0, 0.1) is 29.5 Å². The molecular formula is C10H9N3OS. The number of hydrogen-bond acceptors (Lipinski definition) is 3. The molecule has 0 aliphatic rings. The molecule has 0 spiro atoms. The number of aromatic nitrogens is 1. The van der Waals surface area contributed by atoms with Gasteiger partial charge in [-0.25, -0.2) is 4.85 Å². The monoisotopic (exact) mass is 219 g/mol. The molecule has 5 heteroatoms. The maximum Gasteiger partial charge on any atom is 0.247 e. The lowest BCUT2D eigenvalue weighted by Gasteiger charge is -2.09. The second-order valence-corrected chi connectivity index (χ2v) is 3.20. The molecule has 1 aromatic rings. The lowest BCUT2D eigenvalue weighted by molar-refractivity contribution is 0.340. The van der Waals surface area contributed by atoms with E-state index in [4.69, 9.17) is 28.8 Å². The van der Waals surface area contributed by atoms with Crippen molar-refractivity contribution >= 4 is 17.9 Å². The van der Waals surface area contributed by atoms with Gasteiger partial charge in [0.25, 0.3) is 0 Å². The molecule has 0 aromatic carbocycles. The largest absolute Gasteiger partial charge is 0.503 e. The molecule has 15 heavy (non-hydrogen) atoms. The average molecular weight is 219 g/mol. The van der Waals surface area contributed by atoms with Crippen LogP contribution in [-0.4, -0.2) is 11.6 Å². The molecule has 1 aromatic heterocycles. The van der Waals surface area contributed by atoms with Gasteiger partial charge in [0.15, 0.2) is 0 Å². The van der Waals surface area contributed by atoms with E-state index in [0.717, 1.165) is 0 Å². The fourth-order valence-electron chi connectivity index (χ4n) is 1.20. The van der Waals surface area contributed by atoms with Gasteiger partial charge in [-0.3, -0.25) is 0 Å². The number of rotatable bonds is 2. The second kappa shape index (κ2) is 4.59. The second-order valence-electron chi connectivity index (χ2n) is 2.79. The maximum absolute atomic E-state index is 8.92. The maximum atomic E-state index is 8.92. The minimum Gasteiger partial charge on any atom is -0.503 e. The van der Waals surface area contributed by atoms with Crippen LogP contribution in [0.2, 0.25) is 0 Å². The average Bonchev–Trinajstić information content (AvgIpc) is 2.18. The van der Waals surface area contributed by atoms with Crippen LogP contribution >= 0.6 is 12.2 Å². The number of pyridine rings is 1. The zero-order valence-corrected chi connectivity index (χ0v) is 9.23. The first-order valence-corrected chi connectivity index (χ1v) is 4.73. The Morgan fingerprint density at radius 3 is 2.80 bits per heavy atom. The summed E-state index contributed by atoms with van der Waals surface area (Å²) >= 11 is 4.99. The number of aryl methyl sites for hydroxylation is 1. The quantitative estimate of drug-likeness (QED) is 0.614. The van der Waals surface area contributed by atoms with E-state index in [9.17, 15) is 0 Å². The summed E-state index contributed by atoms with van der Waals surface area (Å²) < 4.78 is 5.60. The van der Waals surface area contributed by atoms with E-state index in [-0.39, 0.29) is 11.3 Å². The summed E-state index contributed by atoms with van der Waals surface area (Å²) in [6.07, 6.45) is 0. The minimum atomic E-state index is 0.225. The van der Waals surface area contributed by atoms with Crippen molar-refractivity contribution in [2.45, 2.75) is 13.8 Å². The van der Waals surface area contributed by atoms with Crippen LogP contribution in [0.1, 0.15) is 18.2 Å². The van der Waals surface area contributed by atoms with Crippen molar-refractivity contribution in [3.05, 3.63) is 27.3 Å². The van der Waals surface area contributed by atoms with Gasteiger partial charge in [0.05, 0.1) is 13.2 Å². The van der Waals surface area contributed by atoms with Gasteiger partial charge in [0.2, 0.25) is 5.69 Å². The van der Waals surface area contributed by atoms with Gasteiger partial charge in [0.1, 0.15) is 22.0 Å². The molecule has 0 radical (unpaired) electrons. The van der Waals surface area contributed by atoms with Crippen LogP contribution in [0.4, 0.5) is 5.69 Å². The predicted molar refractivity (Wildman–Crippen MR) is 58.5 cm³/mol. The molecule has 0 saturated carbocycles. The van der Waals surface area contributed by atoms with Crippen LogP contribution in [0.15, 0.2) is 0 Å². The van der Waals surface area contributed by atoms with Crippen molar-refractivity contribution < 1.29 is 4.74 Å². The van der Waals surface area contributed by atoms with E-state index < -0.39 is 0 Å². The van der Waals surface area contributed by atoms with Crippen LogP contribution in [0.25, 0.3) is 4.85 Å². The summed E-state index contributed by atoms with van der Waals surface area (Å²) in [5.74, 6) is 0.288. The molecule has 0 bridgehead atoms.